The lowest BCUT2D eigenvalue weighted by molar-refractivity contribution is 0.0527. The highest BCUT2D eigenvalue weighted by atomic mass is 35.5. The van der Waals surface area contributed by atoms with Crippen LogP contribution in [0, 0.1) is 0 Å². The first kappa shape index (κ1) is 11.9. The van der Waals surface area contributed by atoms with Crippen molar-refractivity contribution >= 4 is 23.1 Å². The number of nitrogens with zero attached hydrogens (tertiary/aromatic N) is 2. The second-order valence-electron chi connectivity index (χ2n) is 3.54. The van der Waals surface area contributed by atoms with Gasteiger partial charge in [0.2, 0.25) is 0 Å². The number of hydrogen-bond acceptors (Lipinski definition) is 3. The minimum absolute atomic E-state index is 0.346. The second-order valence-corrected chi connectivity index (χ2v) is 3.93. The summed E-state index contributed by atoms with van der Waals surface area (Å²) in [6.07, 6.45) is 0.659. The Balaban J connectivity index is 2.67. The number of esters is 1. The molecule has 5 heteroatoms. The highest BCUT2D eigenvalue weighted by Gasteiger charge is 2.20. The highest BCUT2D eigenvalue weighted by molar-refractivity contribution is 6.29. The third kappa shape index (κ3) is 2.00. The van der Waals surface area contributed by atoms with Crippen molar-refractivity contribution in [3.8, 4) is 0 Å². The van der Waals surface area contributed by atoms with Gasteiger partial charge in [-0.25, -0.2) is 9.31 Å². The minimum Gasteiger partial charge on any atom is -0.462 e. The maximum absolute atomic E-state index is 11.9. The molecule has 0 amide bonds. The van der Waals surface area contributed by atoms with Crippen molar-refractivity contribution in [3.05, 3.63) is 34.6 Å². The Bertz CT molecular complexity index is 563. The molecule has 0 saturated heterocycles. The molecule has 17 heavy (non-hydrogen) atoms. The lowest BCUT2D eigenvalue weighted by Crippen LogP contribution is -2.06. The zero-order valence-corrected chi connectivity index (χ0v) is 10.5. The van der Waals surface area contributed by atoms with Crippen molar-refractivity contribution < 1.29 is 9.53 Å². The van der Waals surface area contributed by atoms with Crippen LogP contribution < -0.4 is 0 Å². The number of rotatable bonds is 3. The number of aryl methyl sites for hydroxylation is 1. The Morgan fingerprint density at radius 2 is 2.24 bits per heavy atom. The molecule has 0 aromatic carbocycles. The summed E-state index contributed by atoms with van der Waals surface area (Å²) in [5, 5.41) is 4.80. The van der Waals surface area contributed by atoms with E-state index in [4.69, 9.17) is 16.3 Å². The fourth-order valence-corrected chi connectivity index (χ4v) is 1.96. The summed E-state index contributed by atoms with van der Waals surface area (Å²) >= 11 is 6.03. The standard InChI is InChI=1S/C12H13ClN2O2/c1-3-8-11(12(16)17-4-2)9-6-5-7-10(13)15(9)14-8/h5-7H,3-4H2,1-2H3. The van der Waals surface area contributed by atoms with Gasteiger partial charge in [-0.1, -0.05) is 24.6 Å². The smallest absolute Gasteiger partial charge is 0.342 e. The number of pyridine rings is 1. The van der Waals surface area contributed by atoms with Crippen molar-refractivity contribution in [1.82, 2.24) is 9.61 Å². The van der Waals surface area contributed by atoms with Crippen LogP contribution in [0.25, 0.3) is 5.52 Å². The van der Waals surface area contributed by atoms with Gasteiger partial charge in [-0.15, -0.1) is 0 Å². The zero-order valence-electron chi connectivity index (χ0n) is 9.74. The SMILES string of the molecule is CCOC(=O)c1c(CC)nn2c(Cl)cccc12. The van der Waals surface area contributed by atoms with Crippen molar-refractivity contribution in [2.24, 2.45) is 0 Å². The van der Waals surface area contributed by atoms with E-state index in [2.05, 4.69) is 5.10 Å². The van der Waals surface area contributed by atoms with Gasteiger partial charge in [-0.05, 0) is 25.5 Å². The zero-order chi connectivity index (χ0) is 12.4. The lowest BCUT2D eigenvalue weighted by Gasteiger charge is -2.01. The topological polar surface area (TPSA) is 43.6 Å². The molecule has 0 saturated carbocycles. The van der Waals surface area contributed by atoms with Crippen molar-refractivity contribution in [2.75, 3.05) is 6.61 Å². The molecule has 0 N–H and O–H groups in total. The van der Waals surface area contributed by atoms with Crippen LogP contribution >= 0.6 is 11.6 Å². The van der Waals surface area contributed by atoms with E-state index >= 15 is 0 Å². The number of fused-ring (bicyclic) bond motifs is 1. The predicted octanol–water partition coefficient (Wildman–Crippen LogP) is 2.73. The van der Waals surface area contributed by atoms with E-state index in [0.29, 0.717) is 35.0 Å². The average Bonchev–Trinajstić information content (AvgIpc) is 2.69. The molecular weight excluding hydrogens is 240 g/mol. The Morgan fingerprint density at radius 1 is 1.47 bits per heavy atom. The number of ether oxygens (including phenoxy) is 1. The first-order valence-electron chi connectivity index (χ1n) is 5.52. The van der Waals surface area contributed by atoms with E-state index in [1.807, 2.05) is 13.0 Å². The highest BCUT2D eigenvalue weighted by Crippen LogP contribution is 2.21. The molecule has 0 spiro atoms. The molecule has 2 heterocycles. The third-order valence-corrected chi connectivity index (χ3v) is 2.78. The van der Waals surface area contributed by atoms with Gasteiger partial charge >= 0.3 is 5.97 Å². The normalized spacial score (nSPS) is 10.8. The molecule has 0 radical (unpaired) electrons. The Kier molecular flexibility index (Phi) is 3.33. The lowest BCUT2D eigenvalue weighted by atomic mass is 10.1. The van der Waals surface area contributed by atoms with Gasteiger partial charge in [0.1, 0.15) is 10.7 Å². The van der Waals surface area contributed by atoms with Crippen LogP contribution in [0.5, 0.6) is 0 Å². The molecule has 2 aromatic heterocycles. The summed E-state index contributed by atoms with van der Waals surface area (Å²) in [7, 11) is 0. The van der Waals surface area contributed by atoms with Crippen LogP contribution in [0.1, 0.15) is 29.9 Å². The minimum atomic E-state index is -0.346. The molecule has 90 valence electrons. The fraction of sp³-hybridized carbons (Fsp3) is 0.333. The Labute approximate surface area is 104 Å². The number of aromatic nitrogens is 2. The van der Waals surface area contributed by atoms with E-state index in [1.165, 1.54) is 0 Å². The van der Waals surface area contributed by atoms with Gasteiger partial charge in [0.15, 0.2) is 0 Å². The number of carbonyl (C=O) groups excluding carboxylic acids is 1. The molecule has 0 bridgehead atoms. The monoisotopic (exact) mass is 252 g/mol. The van der Waals surface area contributed by atoms with Crippen molar-refractivity contribution in [2.45, 2.75) is 20.3 Å². The number of hydrogen-bond donors (Lipinski definition) is 0. The summed E-state index contributed by atoms with van der Waals surface area (Å²) < 4.78 is 6.60. The second kappa shape index (κ2) is 4.75. The van der Waals surface area contributed by atoms with Gasteiger partial charge < -0.3 is 4.74 Å². The Morgan fingerprint density at radius 3 is 2.88 bits per heavy atom. The number of carbonyl (C=O) groups is 1. The summed E-state index contributed by atoms with van der Waals surface area (Å²) in [4.78, 5) is 11.9. The molecule has 0 unspecified atom stereocenters. The molecule has 0 atom stereocenters. The molecule has 2 rings (SSSR count). The molecule has 0 aliphatic heterocycles. The summed E-state index contributed by atoms with van der Waals surface area (Å²) in [5.74, 6) is -0.346. The fourth-order valence-electron chi connectivity index (χ4n) is 1.76. The maximum atomic E-state index is 11.9. The van der Waals surface area contributed by atoms with Crippen LogP contribution in [0.15, 0.2) is 18.2 Å². The van der Waals surface area contributed by atoms with Crippen LogP contribution in [-0.4, -0.2) is 22.2 Å². The van der Waals surface area contributed by atoms with Gasteiger partial charge in [-0.3, -0.25) is 0 Å². The van der Waals surface area contributed by atoms with Crippen LogP contribution in [0.4, 0.5) is 0 Å². The first-order chi connectivity index (χ1) is 8.19. The van der Waals surface area contributed by atoms with E-state index in [-0.39, 0.29) is 5.97 Å². The van der Waals surface area contributed by atoms with Crippen LogP contribution in [0.3, 0.4) is 0 Å². The number of halogens is 1. The predicted molar refractivity (Wildman–Crippen MR) is 65.5 cm³/mol. The van der Waals surface area contributed by atoms with Crippen molar-refractivity contribution in [1.29, 1.82) is 0 Å². The van der Waals surface area contributed by atoms with Crippen LogP contribution in [-0.2, 0) is 11.2 Å². The van der Waals surface area contributed by atoms with E-state index < -0.39 is 0 Å². The Hall–Kier alpha value is -1.55. The summed E-state index contributed by atoms with van der Waals surface area (Å²) in [5.41, 5.74) is 1.90. The molecule has 4 nitrogen and oxygen atoms in total. The molecule has 0 aliphatic carbocycles. The third-order valence-electron chi connectivity index (χ3n) is 2.50. The largest absolute Gasteiger partial charge is 0.462 e. The van der Waals surface area contributed by atoms with Crippen molar-refractivity contribution in [3.63, 3.8) is 0 Å². The van der Waals surface area contributed by atoms with E-state index in [1.54, 1.807) is 23.6 Å². The average molecular weight is 253 g/mol. The molecule has 0 aliphatic rings. The van der Waals surface area contributed by atoms with E-state index in [9.17, 15) is 4.79 Å². The summed E-state index contributed by atoms with van der Waals surface area (Å²) in [6, 6.07) is 5.34. The summed E-state index contributed by atoms with van der Waals surface area (Å²) in [6.45, 7) is 4.07. The van der Waals surface area contributed by atoms with Gasteiger partial charge in [0, 0.05) is 0 Å². The van der Waals surface area contributed by atoms with Crippen LogP contribution in [0.2, 0.25) is 5.15 Å². The van der Waals surface area contributed by atoms with E-state index in [0.717, 1.165) is 0 Å². The van der Waals surface area contributed by atoms with Gasteiger partial charge in [0.05, 0.1) is 17.8 Å². The maximum Gasteiger partial charge on any atom is 0.342 e. The first-order valence-corrected chi connectivity index (χ1v) is 5.90. The van der Waals surface area contributed by atoms with Gasteiger partial charge in [0.25, 0.3) is 0 Å². The quantitative estimate of drug-likeness (QED) is 0.623. The van der Waals surface area contributed by atoms with Gasteiger partial charge in [-0.2, -0.15) is 5.10 Å². The molecule has 2 aromatic rings. The molecular formula is C12H13ClN2O2. The molecule has 0 fully saturated rings.